The van der Waals surface area contributed by atoms with Crippen LogP contribution in [0.25, 0.3) is 0 Å². The van der Waals surface area contributed by atoms with E-state index in [1.54, 1.807) is 0 Å². The Hall–Kier alpha value is -3.20. The van der Waals surface area contributed by atoms with Crippen LogP contribution in [0.4, 0.5) is 0 Å². The summed E-state index contributed by atoms with van der Waals surface area (Å²) in [4.78, 5) is 24.5. The topological polar surface area (TPSA) is 55.7 Å². The van der Waals surface area contributed by atoms with Crippen molar-refractivity contribution < 1.29 is 14.3 Å². The molecule has 0 bridgehead atoms. The molecule has 4 nitrogen and oxygen atoms in total. The molecule has 0 saturated carbocycles. The van der Waals surface area contributed by atoms with E-state index < -0.39 is 13.0 Å². The largest absolute Gasteiger partial charge is 0.466 e. The number of hydrogen-bond acceptors (Lipinski definition) is 4. The van der Waals surface area contributed by atoms with Crippen LogP contribution in [-0.2, 0) is 14.3 Å². The third-order valence-electron chi connectivity index (χ3n) is 5.24. The Morgan fingerprint density at radius 1 is 0.875 bits per heavy atom. The number of esters is 1. The lowest BCUT2D eigenvalue weighted by atomic mass is 10.2. The Bertz CT molecular complexity index is 1160. The van der Waals surface area contributed by atoms with Gasteiger partial charge in [-0.1, -0.05) is 103 Å². The molecule has 0 spiro atoms. The molecule has 0 saturated heterocycles. The van der Waals surface area contributed by atoms with E-state index in [9.17, 15) is 9.59 Å². The second kappa shape index (κ2) is 9.52. The molecule has 6 heteroatoms. The van der Waals surface area contributed by atoms with Crippen molar-refractivity contribution in [3.8, 4) is 0 Å². The number of halogens is 1. The maximum absolute atomic E-state index is 12.5. The zero-order valence-corrected chi connectivity index (χ0v) is 19.1. The molecule has 1 aliphatic rings. The highest BCUT2D eigenvalue weighted by Crippen LogP contribution is 2.50. The van der Waals surface area contributed by atoms with E-state index in [0.29, 0.717) is 11.3 Å². The van der Waals surface area contributed by atoms with Gasteiger partial charge in [-0.25, -0.2) is 4.79 Å². The summed E-state index contributed by atoms with van der Waals surface area (Å²) in [5.74, 6) is -0.803. The van der Waals surface area contributed by atoms with Gasteiger partial charge in [-0.05, 0) is 5.57 Å². The van der Waals surface area contributed by atoms with Crippen LogP contribution < -0.4 is 15.9 Å². The van der Waals surface area contributed by atoms with Crippen molar-refractivity contribution in [3.63, 3.8) is 0 Å². The van der Waals surface area contributed by atoms with Gasteiger partial charge >= 0.3 is 5.97 Å². The van der Waals surface area contributed by atoms with Crippen LogP contribution >= 0.6 is 18.7 Å². The SMILES string of the molecule is COC(=O)/C=C1\CC(=O)C(Cl)=C1N=P(c1ccccc1)(c1ccccc1)c1ccccc1. The third kappa shape index (κ3) is 4.12. The Morgan fingerprint density at radius 3 is 1.72 bits per heavy atom. The van der Waals surface area contributed by atoms with E-state index in [2.05, 4.69) is 0 Å². The first-order chi connectivity index (χ1) is 15.6. The first-order valence-corrected chi connectivity index (χ1v) is 12.2. The summed E-state index contributed by atoms with van der Waals surface area (Å²) in [7, 11) is -1.32. The average Bonchev–Trinajstić information content (AvgIpc) is 3.11. The molecular formula is C26H21ClNO3P. The van der Waals surface area contributed by atoms with Crippen molar-refractivity contribution >= 4 is 46.3 Å². The molecule has 0 unspecified atom stereocenters. The number of benzene rings is 3. The minimum absolute atomic E-state index is 0.0190. The number of methoxy groups -OCH3 is 1. The Morgan fingerprint density at radius 2 is 1.31 bits per heavy atom. The van der Waals surface area contributed by atoms with Crippen LogP contribution in [0.3, 0.4) is 0 Å². The molecule has 3 aromatic carbocycles. The molecule has 32 heavy (non-hydrogen) atoms. The lowest BCUT2D eigenvalue weighted by molar-refractivity contribution is -0.134. The van der Waals surface area contributed by atoms with E-state index >= 15 is 0 Å². The monoisotopic (exact) mass is 461 g/mol. The van der Waals surface area contributed by atoms with Gasteiger partial charge in [0.05, 0.1) is 19.9 Å². The lowest BCUT2D eigenvalue weighted by Gasteiger charge is -2.27. The summed E-state index contributed by atoms with van der Waals surface area (Å²) >= 11 is 6.48. The predicted molar refractivity (Wildman–Crippen MR) is 130 cm³/mol. The van der Waals surface area contributed by atoms with Gasteiger partial charge in [0.2, 0.25) is 0 Å². The van der Waals surface area contributed by atoms with E-state index in [-0.39, 0.29) is 17.2 Å². The maximum Gasteiger partial charge on any atom is 0.330 e. The number of rotatable bonds is 5. The molecule has 0 atom stereocenters. The van der Waals surface area contributed by atoms with E-state index in [4.69, 9.17) is 21.1 Å². The minimum Gasteiger partial charge on any atom is -0.466 e. The number of ether oxygens (including phenoxy) is 1. The summed E-state index contributed by atoms with van der Waals surface area (Å²) < 4.78 is 10.1. The molecule has 0 N–H and O–H groups in total. The third-order valence-corrected chi connectivity index (χ3v) is 9.27. The van der Waals surface area contributed by atoms with Crippen molar-refractivity contribution in [2.75, 3.05) is 7.11 Å². The molecule has 0 aliphatic heterocycles. The number of hydrogen-bond donors (Lipinski definition) is 0. The molecule has 3 aromatic rings. The summed E-state index contributed by atoms with van der Waals surface area (Å²) in [5.41, 5.74) is 0.825. The first kappa shape index (κ1) is 22.0. The van der Waals surface area contributed by atoms with Gasteiger partial charge in [0.25, 0.3) is 0 Å². The smallest absolute Gasteiger partial charge is 0.330 e. The van der Waals surface area contributed by atoms with Crippen molar-refractivity contribution in [1.29, 1.82) is 0 Å². The number of carbonyl (C=O) groups excluding carboxylic acids is 2. The van der Waals surface area contributed by atoms with Crippen LogP contribution in [0.5, 0.6) is 0 Å². The fourth-order valence-corrected chi connectivity index (χ4v) is 7.61. The molecule has 1 aliphatic carbocycles. The van der Waals surface area contributed by atoms with Crippen LogP contribution in [0.15, 0.2) is 118 Å². The number of Topliss-reactive ketones (excluding diaryl/α,β-unsaturated/α-hetero) is 1. The van der Waals surface area contributed by atoms with Crippen LogP contribution in [-0.4, -0.2) is 18.9 Å². The fourth-order valence-electron chi connectivity index (χ4n) is 3.74. The number of carbonyl (C=O) groups is 2. The normalized spacial score (nSPS) is 15.2. The quantitative estimate of drug-likeness (QED) is 0.315. The van der Waals surface area contributed by atoms with Gasteiger partial charge in [-0.15, -0.1) is 0 Å². The second-order valence-electron chi connectivity index (χ2n) is 7.20. The predicted octanol–water partition coefficient (Wildman–Crippen LogP) is 4.69. The minimum atomic E-state index is -2.62. The summed E-state index contributed by atoms with van der Waals surface area (Å²) in [6.07, 6.45) is 1.33. The maximum atomic E-state index is 12.5. The molecule has 4 rings (SSSR count). The molecule has 0 heterocycles. The van der Waals surface area contributed by atoms with E-state index in [0.717, 1.165) is 15.9 Å². The second-order valence-corrected chi connectivity index (χ2v) is 10.6. The zero-order valence-electron chi connectivity index (χ0n) is 17.4. The van der Waals surface area contributed by atoms with Gasteiger partial charge in [0, 0.05) is 28.4 Å². The number of ketones is 1. The first-order valence-electron chi connectivity index (χ1n) is 10.1. The zero-order chi connectivity index (χ0) is 22.6. The fraction of sp³-hybridized carbons (Fsp3) is 0.0769. The molecule has 0 fully saturated rings. The molecule has 160 valence electrons. The van der Waals surface area contributed by atoms with Crippen molar-refractivity contribution in [3.05, 3.63) is 113 Å². The van der Waals surface area contributed by atoms with Crippen molar-refractivity contribution in [1.82, 2.24) is 0 Å². The molecular weight excluding hydrogens is 441 g/mol. The molecule has 0 radical (unpaired) electrons. The molecule has 0 aromatic heterocycles. The molecule has 0 amide bonds. The standard InChI is InChI=1S/C26H21ClNO3P/c1-31-24(30)18-19-17-23(29)25(27)26(19)28-32(20-11-5-2-6-12-20,21-13-7-3-8-14-21)22-15-9-4-10-16-22/h2-16,18H,17H2,1H3/b19-18+. The Labute approximate surface area is 192 Å². The Balaban J connectivity index is 2.13. The number of allylic oxidation sites excluding steroid dienone is 2. The summed E-state index contributed by atoms with van der Waals surface area (Å²) in [6.45, 7) is 0. The van der Waals surface area contributed by atoms with Gasteiger partial charge in [-0.2, -0.15) is 0 Å². The summed E-state index contributed by atoms with van der Waals surface area (Å²) in [6, 6.07) is 30.0. The van der Waals surface area contributed by atoms with E-state index in [1.165, 1.54) is 13.2 Å². The van der Waals surface area contributed by atoms with Crippen LogP contribution in [0.1, 0.15) is 6.42 Å². The highest BCUT2D eigenvalue weighted by atomic mass is 35.5. The lowest BCUT2D eigenvalue weighted by Crippen LogP contribution is -2.25. The average molecular weight is 462 g/mol. The van der Waals surface area contributed by atoms with Gasteiger partial charge in [0.15, 0.2) is 5.78 Å². The number of nitrogens with zero attached hydrogens (tertiary/aromatic N) is 1. The van der Waals surface area contributed by atoms with Crippen molar-refractivity contribution in [2.24, 2.45) is 4.74 Å². The van der Waals surface area contributed by atoms with Crippen molar-refractivity contribution in [2.45, 2.75) is 6.42 Å². The van der Waals surface area contributed by atoms with Gasteiger partial charge in [0.1, 0.15) is 5.03 Å². The van der Waals surface area contributed by atoms with Gasteiger partial charge < -0.3 is 4.74 Å². The van der Waals surface area contributed by atoms with Gasteiger partial charge in [-0.3, -0.25) is 9.54 Å². The highest BCUT2D eigenvalue weighted by Gasteiger charge is 2.33. The van der Waals surface area contributed by atoms with E-state index in [1.807, 2.05) is 91.0 Å². The van der Waals surface area contributed by atoms with Crippen LogP contribution in [0, 0.1) is 0 Å². The van der Waals surface area contributed by atoms with Crippen LogP contribution in [0.2, 0.25) is 0 Å². The summed E-state index contributed by atoms with van der Waals surface area (Å²) in [5, 5.41) is 3.11. The Kier molecular flexibility index (Phi) is 6.55. The highest BCUT2D eigenvalue weighted by molar-refractivity contribution is 7.87.